The molecule has 1 saturated heterocycles. The van der Waals surface area contributed by atoms with E-state index in [2.05, 4.69) is 24.2 Å². The van der Waals surface area contributed by atoms with Gasteiger partial charge in [0, 0.05) is 23.8 Å². The summed E-state index contributed by atoms with van der Waals surface area (Å²) in [5, 5.41) is 3.78. The van der Waals surface area contributed by atoms with Gasteiger partial charge in [-0.15, -0.1) is 0 Å². The average molecular weight is 321 g/mol. The fraction of sp³-hybridized carbons (Fsp3) is 0.611. The Kier molecular flexibility index (Phi) is 4.47. The van der Waals surface area contributed by atoms with Gasteiger partial charge in [0.25, 0.3) is 0 Å². The summed E-state index contributed by atoms with van der Waals surface area (Å²) < 4.78 is 0. The molecule has 2 fully saturated rings. The summed E-state index contributed by atoms with van der Waals surface area (Å²) in [6, 6.07) is 7.37. The highest BCUT2D eigenvalue weighted by molar-refractivity contribution is 6.30. The van der Waals surface area contributed by atoms with Gasteiger partial charge >= 0.3 is 0 Å². The lowest BCUT2D eigenvalue weighted by molar-refractivity contribution is -0.123. The van der Waals surface area contributed by atoms with Crippen molar-refractivity contribution in [2.75, 3.05) is 25.5 Å². The van der Waals surface area contributed by atoms with Gasteiger partial charge in [0.15, 0.2) is 0 Å². The van der Waals surface area contributed by atoms with Crippen molar-refractivity contribution in [2.45, 2.75) is 32.6 Å². The average Bonchev–Trinajstić information content (AvgIpc) is 2.82. The van der Waals surface area contributed by atoms with Crippen LogP contribution in [0.3, 0.4) is 0 Å². The van der Waals surface area contributed by atoms with Gasteiger partial charge in [0.05, 0.1) is 5.92 Å². The van der Waals surface area contributed by atoms with Crippen LogP contribution in [0.4, 0.5) is 5.69 Å². The minimum Gasteiger partial charge on any atom is -0.326 e. The maximum atomic E-state index is 12.8. The van der Waals surface area contributed by atoms with E-state index >= 15 is 0 Å². The van der Waals surface area contributed by atoms with Crippen LogP contribution in [0.2, 0.25) is 5.02 Å². The Labute approximate surface area is 138 Å². The number of likely N-dealkylation sites (tertiary alicyclic amines) is 1. The molecule has 1 spiro atoms. The Morgan fingerprint density at radius 2 is 1.91 bits per heavy atom. The highest BCUT2D eigenvalue weighted by atomic mass is 35.5. The highest BCUT2D eigenvalue weighted by Gasteiger charge is 2.49. The van der Waals surface area contributed by atoms with Gasteiger partial charge in [-0.1, -0.05) is 31.4 Å². The maximum absolute atomic E-state index is 12.8. The van der Waals surface area contributed by atoms with E-state index in [9.17, 15) is 4.79 Å². The lowest BCUT2D eigenvalue weighted by atomic mass is 9.65. The third-order valence-corrected chi connectivity index (χ3v) is 5.77. The molecule has 0 bridgehead atoms. The summed E-state index contributed by atoms with van der Waals surface area (Å²) in [7, 11) is 2.13. The van der Waals surface area contributed by atoms with Crippen LogP contribution in [0.5, 0.6) is 0 Å². The zero-order valence-corrected chi connectivity index (χ0v) is 14.2. The van der Waals surface area contributed by atoms with Crippen molar-refractivity contribution < 1.29 is 4.79 Å². The van der Waals surface area contributed by atoms with Crippen LogP contribution in [0.15, 0.2) is 24.3 Å². The molecule has 1 N–H and O–H groups in total. The molecule has 1 aliphatic heterocycles. The molecule has 0 aromatic heterocycles. The Hall–Kier alpha value is -1.06. The predicted molar refractivity (Wildman–Crippen MR) is 91.1 cm³/mol. The summed E-state index contributed by atoms with van der Waals surface area (Å²) in [5.41, 5.74) is 1.01. The van der Waals surface area contributed by atoms with Gasteiger partial charge in [0.1, 0.15) is 0 Å². The number of anilines is 1. The molecule has 1 atom stereocenters. The van der Waals surface area contributed by atoms with Gasteiger partial charge in [-0.05, 0) is 55.5 Å². The monoisotopic (exact) mass is 320 g/mol. The molecular weight excluding hydrogens is 296 g/mol. The van der Waals surface area contributed by atoms with E-state index in [0.29, 0.717) is 5.02 Å². The van der Waals surface area contributed by atoms with Crippen molar-refractivity contribution in [3.63, 3.8) is 0 Å². The third kappa shape index (κ3) is 3.16. The van der Waals surface area contributed by atoms with Gasteiger partial charge in [-0.3, -0.25) is 4.79 Å². The number of benzene rings is 1. The number of nitrogens with zero attached hydrogens (tertiary/aromatic N) is 1. The number of rotatable bonds is 2. The first-order valence-electron chi connectivity index (χ1n) is 8.23. The van der Waals surface area contributed by atoms with Crippen molar-refractivity contribution in [3.8, 4) is 0 Å². The summed E-state index contributed by atoms with van der Waals surface area (Å²) in [4.78, 5) is 15.2. The zero-order chi connectivity index (χ0) is 15.7. The number of carbonyl (C=O) groups excluding carboxylic acids is 1. The normalized spacial score (nSPS) is 32.3. The number of halogens is 1. The molecule has 4 heteroatoms. The smallest absolute Gasteiger partial charge is 0.229 e. The van der Waals surface area contributed by atoms with Crippen LogP contribution < -0.4 is 5.32 Å². The summed E-state index contributed by atoms with van der Waals surface area (Å²) >= 11 is 5.91. The number of nitrogens with one attached hydrogen (secondary N) is 1. The van der Waals surface area contributed by atoms with Crippen LogP contribution in [-0.2, 0) is 4.79 Å². The largest absolute Gasteiger partial charge is 0.326 e. The van der Waals surface area contributed by atoms with E-state index in [1.54, 1.807) is 0 Å². The summed E-state index contributed by atoms with van der Waals surface area (Å²) in [5.74, 6) is 1.07. The lowest BCUT2D eigenvalue weighted by Gasteiger charge is -2.39. The van der Waals surface area contributed by atoms with Gasteiger partial charge in [-0.2, -0.15) is 0 Å². The number of hydrogen-bond donors (Lipinski definition) is 1. The molecule has 22 heavy (non-hydrogen) atoms. The molecule has 1 aliphatic carbocycles. The molecule has 120 valence electrons. The summed E-state index contributed by atoms with van der Waals surface area (Å²) in [6.45, 7) is 4.25. The van der Waals surface area contributed by atoms with Crippen LogP contribution in [-0.4, -0.2) is 30.9 Å². The molecule has 1 unspecified atom stereocenters. The van der Waals surface area contributed by atoms with Crippen LogP contribution >= 0.6 is 11.6 Å². The molecule has 3 rings (SSSR count). The van der Waals surface area contributed by atoms with Gasteiger partial charge < -0.3 is 10.2 Å². The first-order valence-corrected chi connectivity index (χ1v) is 8.61. The zero-order valence-electron chi connectivity index (χ0n) is 13.4. The number of amides is 1. The SMILES string of the molecule is CC1CCC2(CC1)CN(C)CC2C(=O)Nc1ccc(Cl)cc1. The first-order chi connectivity index (χ1) is 10.5. The van der Waals surface area contributed by atoms with E-state index in [1.807, 2.05) is 24.3 Å². The molecule has 3 nitrogen and oxygen atoms in total. The lowest BCUT2D eigenvalue weighted by Crippen LogP contribution is -2.40. The van der Waals surface area contributed by atoms with Crippen molar-refractivity contribution in [1.82, 2.24) is 4.90 Å². The molecule has 1 saturated carbocycles. The highest BCUT2D eigenvalue weighted by Crippen LogP contribution is 2.48. The molecule has 1 aromatic rings. The fourth-order valence-corrected chi connectivity index (χ4v) is 4.31. The third-order valence-electron chi connectivity index (χ3n) is 5.52. The van der Waals surface area contributed by atoms with E-state index in [1.165, 1.54) is 25.7 Å². The van der Waals surface area contributed by atoms with E-state index in [-0.39, 0.29) is 17.2 Å². The van der Waals surface area contributed by atoms with Crippen LogP contribution in [0, 0.1) is 17.3 Å². The van der Waals surface area contributed by atoms with Gasteiger partial charge in [0.2, 0.25) is 5.91 Å². The maximum Gasteiger partial charge on any atom is 0.229 e. The molecule has 0 radical (unpaired) electrons. The standard InChI is InChI=1S/C18H25ClN2O/c1-13-7-9-18(10-8-13)12-21(2)11-16(18)17(22)20-15-5-3-14(19)4-6-15/h3-6,13,16H,7-12H2,1-2H3,(H,20,22). The molecule has 1 heterocycles. The molecule has 2 aliphatic rings. The second-order valence-corrected chi connectivity index (χ2v) is 7.73. The van der Waals surface area contributed by atoms with Crippen molar-refractivity contribution in [3.05, 3.63) is 29.3 Å². The molecular formula is C18H25ClN2O. The van der Waals surface area contributed by atoms with Crippen molar-refractivity contribution in [2.24, 2.45) is 17.3 Å². The predicted octanol–water partition coefficient (Wildman–Crippen LogP) is 4.04. The Morgan fingerprint density at radius 3 is 2.55 bits per heavy atom. The second kappa shape index (κ2) is 6.21. The van der Waals surface area contributed by atoms with E-state index in [4.69, 9.17) is 11.6 Å². The minimum absolute atomic E-state index is 0.0979. The minimum atomic E-state index is 0.0979. The number of hydrogen-bond acceptors (Lipinski definition) is 2. The van der Waals surface area contributed by atoms with Crippen LogP contribution in [0.25, 0.3) is 0 Å². The van der Waals surface area contributed by atoms with Crippen molar-refractivity contribution in [1.29, 1.82) is 0 Å². The topological polar surface area (TPSA) is 32.3 Å². The quantitative estimate of drug-likeness (QED) is 0.892. The number of carbonyl (C=O) groups is 1. The Balaban J connectivity index is 1.73. The van der Waals surface area contributed by atoms with E-state index < -0.39 is 0 Å². The molecule has 1 aromatic carbocycles. The van der Waals surface area contributed by atoms with E-state index in [0.717, 1.165) is 24.7 Å². The summed E-state index contributed by atoms with van der Waals surface area (Å²) in [6.07, 6.45) is 4.85. The first kappa shape index (κ1) is 15.8. The second-order valence-electron chi connectivity index (χ2n) is 7.29. The Bertz CT molecular complexity index is 535. The van der Waals surface area contributed by atoms with Gasteiger partial charge in [-0.25, -0.2) is 0 Å². The molecule has 1 amide bonds. The Morgan fingerprint density at radius 1 is 1.27 bits per heavy atom. The van der Waals surface area contributed by atoms with Crippen molar-refractivity contribution >= 4 is 23.2 Å². The fourth-order valence-electron chi connectivity index (χ4n) is 4.18. The van der Waals surface area contributed by atoms with Crippen LogP contribution in [0.1, 0.15) is 32.6 Å².